The number of benzene rings is 4. The summed E-state index contributed by atoms with van der Waals surface area (Å²) in [6, 6.07) is 30.5. The molecular weight excluding hydrogens is 727 g/mol. The van der Waals surface area contributed by atoms with Crippen molar-refractivity contribution in [3.05, 3.63) is 118 Å². The molecule has 0 aromatic heterocycles. The van der Waals surface area contributed by atoms with Crippen molar-refractivity contribution in [2.45, 2.75) is 68.6 Å². The number of fused-ring (bicyclic) bond motifs is 2. The molecule has 4 aromatic carbocycles. The molecule has 2 N–H and O–H groups in total. The molecule has 0 aliphatic carbocycles. The van der Waals surface area contributed by atoms with Crippen LogP contribution in [0, 0.1) is 16.0 Å². The fourth-order valence-electron chi connectivity index (χ4n) is 10.1. The number of nitrogens with zero attached hydrogens (tertiary/aromatic N) is 4. The molecule has 12 nitrogen and oxygen atoms in total. The highest BCUT2D eigenvalue weighted by Gasteiger charge is 2.66. The molecule has 0 bridgehead atoms. The van der Waals surface area contributed by atoms with E-state index in [9.17, 15) is 20.0 Å². The number of nitrogens with one attached hydrogen (secondary N) is 1. The van der Waals surface area contributed by atoms with E-state index in [0.717, 1.165) is 41.0 Å². The highest BCUT2D eigenvalue weighted by atomic mass is 28.3. The van der Waals surface area contributed by atoms with Crippen LogP contribution in [-0.2, 0) is 26.5 Å². The van der Waals surface area contributed by atoms with Gasteiger partial charge in [-0.05, 0) is 85.9 Å². The number of ether oxygens (including phenoxy) is 2. The summed E-state index contributed by atoms with van der Waals surface area (Å²) in [5, 5.41) is 27.0. The third kappa shape index (κ3) is 5.90. The number of amides is 2. The molecule has 13 heteroatoms. The van der Waals surface area contributed by atoms with Gasteiger partial charge >= 0.3 is 0 Å². The second-order valence-corrected chi connectivity index (χ2v) is 20.8. The van der Waals surface area contributed by atoms with Crippen molar-refractivity contribution in [2.75, 3.05) is 48.2 Å². The molecule has 0 saturated carbocycles. The van der Waals surface area contributed by atoms with E-state index in [1.54, 1.807) is 18.1 Å². The Labute approximate surface area is 328 Å². The summed E-state index contributed by atoms with van der Waals surface area (Å²) in [5.41, 5.74) is 1.21. The van der Waals surface area contributed by atoms with E-state index in [2.05, 4.69) is 47.6 Å². The molecule has 292 valence electrons. The van der Waals surface area contributed by atoms with Crippen LogP contribution >= 0.6 is 0 Å². The molecule has 4 aliphatic heterocycles. The van der Waals surface area contributed by atoms with E-state index in [1.165, 1.54) is 12.1 Å². The predicted molar refractivity (Wildman–Crippen MR) is 218 cm³/mol. The first kappa shape index (κ1) is 37.8. The summed E-state index contributed by atoms with van der Waals surface area (Å²) in [5.74, 6) is 0.154. The van der Waals surface area contributed by atoms with Crippen LogP contribution in [0.3, 0.4) is 0 Å². The second kappa shape index (κ2) is 14.5. The number of nitro benzene ring substituents is 1. The Kier molecular flexibility index (Phi) is 9.76. The highest BCUT2D eigenvalue weighted by Crippen LogP contribution is 2.60. The Morgan fingerprint density at radius 3 is 2.34 bits per heavy atom. The monoisotopic (exact) mass is 775 g/mol. The summed E-state index contributed by atoms with van der Waals surface area (Å²) in [4.78, 5) is 47.2. The SMILES string of the molecule is COc1ccc([Si](C)(C)[C@H]2[C@H](CCO)O[C@@]3(C(=O)N(Cc4cccc(N5CN(c6ccccc6)C6(CCNCC6)C5=O)c4)c4ccc([N+](=O)[O-])cc43)[C@@H]2C)cc1. The van der Waals surface area contributed by atoms with Gasteiger partial charge in [0.05, 0.1) is 45.1 Å². The van der Waals surface area contributed by atoms with Crippen LogP contribution < -0.4 is 29.9 Å². The molecule has 0 radical (unpaired) electrons. The molecule has 2 spiro atoms. The van der Waals surface area contributed by atoms with Crippen LogP contribution in [0.4, 0.5) is 22.7 Å². The molecule has 56 heavy (non-hydrogen) atoms. The number of aliphatic hydroxyl groups excluding tert-OH is 1. The number of nitro groups is 1. The summed E-state index contributed by atoms with van der Waals surface area (Å²) >= 11 is 0. The van der Waals surface area contributed by atoms with Gasteiger partial charge in [0, 0.05) is 41.6 Å². The Hall–Kier alpha value is -5.08. The van der Waals surface area contributed by atoms with E-state index < -0.39 is 30.2 Å². The van der Waals surface area contributed by atoms with Crippen LogP contribution in [0.2, 0.25) is 18.6 Å². The van der Waals surface area contributed by atoms with E-state index >= 15 is 4.79 Å². The predicted octanol–water partition coefficient (Wildman–Crippen LogP) is 5.68. The van der Waals surface area contributed by atoms with E-state index in [1.807, 2.05) is 66.4 Å². The number of piperidine rings is 1. The number of methoxy groups -OCH3 is 1. The van der Waals surface area contributed by atoms with E-state index in [0.29, 0.717) is 37.2 Å². The van der Waals surface area contributed by atoms with Crippen molar-refractivity contribution in [2.24, 2.45) is 5.92 Å². The van der Waals surface area contributed by atoms with Crippen LogP contribution in [0.25, 0.3) is 0 Å². The standard InChI is InChI=1S/C43H49N5O7Si/c1-29-39(56(3,4)35-16-14-34(54-2)15-17-35)38(19-24-49)55-43(29)36-26-33(48(52)53)13-18-37(36)45(41(43)51)27-30-9-8-12-32(25-30)46-28-47(31-10-6-5-7-11-31)42(40(46)50)20-22-44-23-21-42/h5-18,25-26,29,38-39,44,49H,19-24,27-28H2,1-4H3/t29-,38+,39-,43+/m1/s1. The number of hydrogen-bond acceptors (Lipinski definition) is 9. The van der Waals surface area contributed by atoms with Crippen molar-refractivity contribution in [3.8, 4) is 5.75 Å². The number of rotatable bonds is 10. The van der Waals surface area contributed by atoms with Gasteiger partial charge in [0.15, 0.2) is 5.60 Å². The number of para-hydroxylation sites is 1. The summed E-state index contributed by atoms with van der Waals surface area (Å²) in [6.07, 6.45) is 1.25. The topological polar surface area (TPSA) is 138 Å². The van der Waals surface area contributed by atoms with Gasteiger partial charge in [-0.3, -0.25) is 24.6 Å². The average Bonchev–Trinajstić information content (AvgIpc) is 3.76. The maximum atomic E-state index is 15.2. The van der Waals surface area contributed by atoms with Crippen LogP contribution in [0.15, 0.2) is 97.1 Å². The summed E-state index contributed by atoms with van der Waals surface area (Å²) < 4.78 is 12.4. The van der Waals surface area contributed by atoms with Crippen molar-refractivity contribution in [3.63, 3.8) is 0 Å². The normalized spacial score (nSPS) is 24.4. The molecule has 0 unspecified atom stereocenters. The number of carbonyl (C=O) groups is 2. The van der Waals surface area contributed by atoms with Crippen molar-refractivity contribution >= 4 is 47.8 Å². The first-order valence-corrected chi connectivity index (χ1v) is 22.5. The van der Waals surface area contributed by atoms with Gasteiger partial charge in [-0.1, -0.05) is 67.7 Å². The molecule has 3 saturated heterocycles. The number of hydrogen-bond donors (Lipinski definition) is 2. The Bertz CT molecular complexity index is 2140. The molecule has 4 aromatic rings. The van der Waals surface area contributed by atoms with Crippen LogP contribution in [-0.4, -0.2) is 75.0 Å². The van der Waals surface area contributed by atoms with Gasteiger partial charge in [0.25, 0.3) is 17.5 Å². The zero-order valence-corrected chi connectivity index (χ0v) is 33.3. The fourth-order valence-corrected chi connectivity index (χ4v) is 14.2. The number of anilines is 3. The van der Waals surface area contributed by atoms with Gasteiger partial charge in [-0.25, -0.2) is 0 Å². The lowest BCUT2D eigenvalue weighted by Crippen LogP contribution is -2.55. The number of carbonyl (C=O) groups excluding carboxylic acids is 2. The highest BCUT2D eigenvalue weighted by molar-refractivity contribution is 6.91. The smallest absolute Gasteiger partial charge is 0.269 e. The Morgan fingerprint density at radius 2 is 1.66 bits per heavy atom. The maximum Gasteiger partial charge on any atom is 0.269 e. The lowest BCUT2D eigenvalue weighted by Gasteiger charge is -2.39. The Morgan fingerprint density at radius 1 is 0.946 bits per heavy atom. The minimum Gasteiger partial charge on any atom is -0.497 e. The molecule has 4 aliphatic rings. The molecule has 3 fully saturated rings. The van der Waals surface area contributed by atoms with E-state index in [-0.39, 0.29) is 42.1 Å². The second-order valence-electron chi connectivity index (χ2n) is 16.1. The minimum absolute atomic E-state index is 0.0617. The molecule has 2 amide bonds. The summed E-state index contributed by atoms with van der Waals surface area (Å²) in [7, 11) is -0.809. The quantitative estimate of drug-likeness (QED) is 0.118. The zero-order chi connectivity index (χ0) is 39.4. The fraction of sp³-hybridized carbons (Fsp3) is 0.395. The summed E-state index contributed by atoms with van der Waals surface area (Å²) in [6.45, 7) is 8.48. The zero-order valence-electron chi connectivity index (χ0n) is 32.3. The van der Waals surface area contributed by atoms with Crippen molar-refractivity contribution < 1.29 is 29.1 Å². The number of aliphatic hydroxyl groups is 1. The molecular formula is C43H49N5O7Si. The van der Waals surface area contributed by atoms with Crippen molar-refractivity contribution in [1.82, 2.24) is 5.32 Å². The van der Waals surface area contributed by atoms with Crippen LogP contribution in [0.5, 0.6) is 5.75 Å². The van der Waals surface area contributed by atoms with Gasteiger partial charge in [0.2, 0.25) is 0 Å². The van der Waals surface area contributed by atoms with E-state index in [4.69, 9.17) is 9.47 Å². The molecule has 8 rings (SSSR count). The van der Waals surface area contributed by atoms with Gasteiger partial charge in [0.1, 0.15) is 11.3 Å². The first-order valence-electron chi connectivity index (χ1n) is 19.4. The minimum atomic E-state index is -2.44. The van der Waals surface area contributed by atoms with Gasteiger partial charge < -0.3 is 29.7 Å². The largest absolute Gasteiger partial charge is 0.497 e. The molecule has 4 heterocycles. The Balaban J connectivity index is 1.15. The van der Waals surface area contributed by atoms with Crippen molar-refractivity contribution in [1.29, 1.82) is 0 Å². The molecule has 4 atom stereocenters. The average molecular weight is 776 g/mol. The van der Waals surface area contributed by atoms with Gasteiger partial charge in [-0.15, -0.1) is 0 Å². The third-order valence-corrected chi connectivity index (χ3v) is 17.3. The lowest BCUT2D eigenvalue weighted by molar-refractivity contribution is -0.385. The lowest BCUT2D eigenvalue weighted by atomic mass is 9.82. The number of non-ortho nitro benzene ring substituents is 1. The van der Waals surface area contributed by atoms with Gasteiger partial charge in [-0.2, -0.15) is 0 Å². The maximum absolute atomic E-state index is 15.2. The third-order valence-electron chi connectivity index (χ3n) is 12.9. The van der Waals surface area contributed by atoms with Crippen LogP contribution in [0.1, 0.15) is 37.3 Å². The first-order chi connectivity index (χ1) is 27.0.